The molecule has 1 saturated heterocycles. The molecule has 31 heavy (non-hydrogen) atoms. The Balaban J connectivity index is 1.54. The van der Waals surface area contributed by atoms with Crippen molar-refractivity contribution in [3.05, 3.63) is 70.2 Å². The number of nitrogens with one attached hydrogen (secondary N) is 2. The molecule has 158 valence electrons. The van der Waals surface area contributed by atoms with E-state index in [1.165, 1.54) is 17.6 Å². The molecule has 1 atom stereocenters. The number of aromatic nitrogens is 1. The third-order valence-corrected chi connectivity index (χ3v) is 6.07. The number of rotatable bonds is 6. The number of nitrogens with zero attached hydrogens (tertiary/aromatic N) is 3. The van der Waals surface area contributed by atoms with Crippen LogP contribution in [0.2, 0.25) is 5.15 Å². The Bertz CT molecular complexity index is 1170. The van der Waals surface area contributed by atoms with E-state index in [9.17, 15) is 9.59 Å². The van der Waals surface area contributed by atoms with Crippen LogP contribution in [-0.2, 0) is 10.3 Å². The third-order valence-electron chi connectivity index (χ3n) is 4.77. The van der Waals surface area contributed by atoms with Gasteiger partial charge in [0.25, 0.3) is 5.91 Å². The SMILES string of the molecule is COc1ccccc1Nc1nc(Cl)c(C=NN2C(=O)NC(C)(c3ccccc3)C2=O)s1. The van der Waals surface area contributed by atoms with E-state index in [1.54, 1.807) is 38.3 Å². The summed E-state index contributed by atoms with van der Waals surface area (Å²) in [4.78, 5) is 30.1. The molecule has 1 fully saturated rings. The summed E-state index contributed by atoms with van der Waals surface area (Å²) in [6.07, 6.45) is 1.35. The minimum atomic E-state index is -1.19. The van der Waals surface area contributed by atoms with Crippen molar-refractivity contribution in [2.45, 2.75) is 12.5 Å². The van der Waals surface area contributed by atoms with Crippen LogP contribution in [0.25, 0.3) is 0 Å². The van der Waals surface area contributed by atoms with Gasteiger partial charge in [0.05, 0.1) is 23.9 Å². The third kappa shape index (κ3) is 3.97. The lowest BCUT2D eigenvalue weighted by molar-refractivity contribution is -0.131. The standard InChI is InChI=1S/C21H18ClN5O3S/c1-21(13-8-4-3-5-9-13)18(28)27(20(29)26-21)23-12-16-17(22)25-19(31-16)24-14-10-6-7-11-15(14)30-2/h3-12H,1-2H3,(H,24,25)(H,26,29). The number of hydrazone groups is 1. The lowest BCUT2D eigenvalue weighted by Gasteiger charge is -2.20. The van der Waals surface area contributed by atoms with Gasteiger partial charge in [-0.25, -0.2) is 9.78 Å². The van der Waals surface area contributed by atoms with Gasteiger partial charge in [0, 0.05) is 0 Å². The molecule has 1 aromatic heterocycles. The topological polar surface area (TPSA) is 95.9 Å². The maximum atomic E-state index is 12.9. The lowest BCUT2D eigenvalue weighted by Crippen LogP contribution is -2.40. The Hall–Kier alpha value is -3.43. The molecule has 0 radical (unpaired) electrons. The summed E-state index contributed by atoms with van der Waals surface area (Å²) in [7, 11) is 1.58. The number of carbonyl (C=O) groups is 2. The molecule has 8 nitrogen and oxygen atoms in total. The minimum Gasteiger partial charge on any atom is -0.495 e. The second-order valence-corrected chi connectivity index (χ2v) is 8.17. The molecule has 3 amide bonds. The van der Waals surface area contributed by atoms with Gasteiger partial charge >= 0.3 is 6.03 Å². The molecular weight excluding hydrogens is 438 g/mol. The van der Waals surface area contributed by atoms with Crippen molar-refractivity contribution >= 4 is 51.9 Å². The lowest BCUT2D eigenvalue weighted by atomic mass is 9.92. The predicted octanol–water partition coefficient (Wildman–Crippen LogP) is 4.35. The van der Waals surface area contributed by atoms with Gasteiger partial charge < -0.3 is 15.4 Å². The summed E-state index contributed by atoms with van der Waals surface area (Å²) in [5.74, 6) is 0.177. The van der Waals surface area contributed by atoms with Crippen molar-refractivity contribution in [1.82, 2.24) is 15.3 Å². The molecule has 10 heteroatoms. The Morgan fingerprint density at radius 3 is 2.65 bits per heavy atom. The Morgan fingerprint density at radius 1 is 1.19 bits per heavy atom. The minimum absolute atomic E-state index is 0.198. The number of halogens is 1. The number of urea groups is 1. The number of benzene rings is 2. The number of imide groups is 1. The summed E-state index contributed by atoms with van der Waals surface area (Å²) in [6, 6.07) is 15.8. The average Bonchev–Trinajstić information content (AvgIpc) is 3.23. The number of anilines is 2. The quantitative estimate of drug-likeness (QED) is 0.425. The van der Waals surface area contributed by atoms with Crippen LogP contribution in [0, 0.1) is 0 Å². The van der Waals surface area contributed by atoms with Crippen LogP contribution in [-0.4, -0.2) is 35.3 Å². The fourth-order valence-electron chi connectivity index (χ4n) is 3.12. The van der Waals surface area contributed by atoms with Gasteiger partial charge in [0.1, 0.15) is 11.3 Å². The fraction of sp³-hybridized carbons (Fsp3) is 0.143. The average molecular weight is 456 g/mol. The van der Waals surface area contributed by atoms with Crippen LogP contribution in [0.4, 0.5) is 15.6 Å². The molecular formula is C21H18ClN5O3S. The van der Waals surface area contributed by atoms with Crippen molar-refractivity contribution in [2.24, 2.45) is 5.10 Å². The van der Waals surface area contributed by atoms with E-state index in [0.717, 1.165) is 10.7 Å². The van der Waals surface area contributed by atoms with Crippen LogP contribution in [0.1, 0.15) is 17.4 Å². The molecule has 1 unspecified atom stereocenters. The van der Waals surface area contributed by atoms with Gasteiger partial charge in [-0.2, -0.15) is 5.10 Å². The second-order valence-electron chi connectivity index (χ2n) is 6.78. The van der Waals surface area contributed by atoms with Gasteiger partial charge in [0.2, 0.25) is 0 Å². The zero-order valence-electron chi connectivity index (χ0n) is 16.6. The summed E-state index contributed by atoms with van der Waals surface area (Å²) in [5, 5.41) is 11.4. The maximum Gasteiger partial charge on any atom is 0.346 e. The highest BCUT2D eigenvalue weighted by Crippen LogP contribution is 2.33. The zero-order chi connectivity index (χ0) is 22.0. The van der Waals surface area contributed by atoms with Gasteiger partial charge in [-0.05, 0) is 24.6 Å². The normalized spacial score (nSPS) is 18.5. The number of para-hydroxylation sites is 2. The molecule has 1 aliphatic rings. The number of carbonyl (C=O) groups excluding carboxylic acids is 2. The number of methoxy groups -OCH3 is 1. The molecule has 0 aliphatic carbocycles. The van der Waals surface area contributed by atoms with E-state index in [1.807, 2.05) is 30.3 Å². The predicted molar refractivity (Wildman–Crippen MR) is 120 cm³/mol. The maximum absolute atomic E-state index is 12.9. The molecule has 0 bridgehead atoms. The molecule has 0 spiro atoms. The first-order chi connectivity index (χ1) is 14.9. The first-order valence-electron chi connectivity index (χ1n) is 9.25. The van der Waals surface area contributed by atoms with Crippen molar-refractivity contribution in [3.8, 4) is 5.75 Å². The molecule has 1 aliphatic heterocycles. The van der Waals surface area contributed by atoms with Crippen LogP contribution in [0.15, 0.2) is 59.7 Å². The number of hydrogen-bond donors (Lipinski definition) is 2. The monoisotopic (exact) mass is 455 g/mol. The number of thiazole rings is 1. The molecule has 2 N–H and O–H groups in total. The molecule has 3 aromatic rings. The van der Waals surface area contributed by atoms with E-state index in [4.69, 9.17) is 16.3 Å². The Morgan fingerprint density at radius 2 is 1.90 bits per heavy atom. The van der Waals surface area contributed by atoms with Crippen molar-refractivity contribution in [2.75, 3.05) is 12.4 Å². The number of ether oxygens (including phenoxy) is 1. The fourth-order valence-corrected chi connectivity index (χ4v) is 4.15. The van der Waals surface area contributed by atoms with Crippen LogP contribution >= 0.6 is 22.9 Å². The van der Waals surface area contributed by atoms with E-state index in [2.05, 4.69) is 20.7 Å². The molecule has 0 saturated carbocycles. The summed E-state index contributed by atoms with van der Waals surface area (Å²) < 4.78 is 5.32. The zero-order valence-corrected chi connectivity index (χ0v) is 18.2. The molecule has 2 heterocycles. The van der Waals surface area contributed by atoms with Crippen LogP contribution < -0.4 is 15.4 Å². The molecule has 2 aromatic carbocycles. The Labute approximate surface area is 187 Å². The highest BCUT2D eigenvalue weighted by Gasteiger charge is 2.49. The van der Waals surface area contributed by atoms with Crippen molar-refractivity contribution in [3.63, 3.8) is 0 Å². The van der Waals surface area contributed by atoms with E-state index >= 15 is 0 Å². The van der Waals surface area contributed by atoms with Crippen molar-refractivity contribution in [1.29, 1.82) is 0 Å². The highest BCUT2D eigenvalue weighted by molar-refractivity contribution is 7.17. The van der Waals surface area contributed by atoms with Gasteiger partial charge in [0.15, 0.2) is 10.3 Å². The van der Waals surface area contributed by atoms with Crippen LogP contribution in [0.5, 0.6) is 5.75 Å². The summed E-state index contributed by atoms with van der Waals surface area (Å²) in [6.45, 7) is 1.65. The largest absolute Gasteiger partial charge is 0.495 e. The highest BCUT2D eigenvalue weighted by atomic mass is 35.5. The van der Waals surface area contributed by atoms with Gasteiger partial charge in [-0.15, -0.1) is 5.01 Å². The van der Waals surface area contributed by atoms with Gasteiger partial charge in [-0.3, -0.25) is 4.79 Å². The number of hydrogen-bond acceptors (Lipinski definition) is 7. The summed E-state index contributed by atoms with van der Waals surface area (Å²) in [5.41, 5.74) is 0.209. The molecule has 4 rings (SSSR count). The van der Waals surface area contributed by atoms with Crippen LogP contribution in [0.3, 0.4) is 0 Å². The van der Waals surface area contributed by atoms with E-state index in [0.29, 0.717) is 21.3 Å². The second kappa shape index (κ2) is 8.37. The smallest absolute Gasteiger partial charge is 0.346 e. The van der Waals surface area contributed by atoms with Crippen molar-refractivity contribution < 1.29 is 14.3 Å². The Kier molecular flexibility index (Phi) is 5.62. The number of amides is 3. The first kappa shape index (κ1) is 20.8. The summed E-state index contributed by atoms with van der Waals surface area (Å²) >= 11 is 7.45. The van der Waals surface area contributed by atoms with E-state index in [-0.39, 0.29) is 5.15 Å². The first-order valence-corrected chi connectivity index (χ1v) is 10.4. The van der Waals surface area contributed by atoms with E-state index < -0.39 is 17.5 Å². The van der Waals surface area contributed by atoms with Gasteiger partial charge in [-0.1, -0.05) is 65.4 Å².